The summed E-state index contributed by atoms with van der Waals surface area (Å²) in [4.78, 5) is 33.7. The molecule has 1 aromatic carbocycles. The summed E-state index contributed by atoms with van der Waals surface area (Å²) in [5.74, 6) is -0.237. The van der Waals surface area contributed by atoms with Crippen molar-refractivity contribution in [3.05, 3.63) is 76.4 Å². The molecule has 3 aromatic rings. The summed E-state index contributed by atoms with van der Waals surface area (Å²) < 4.78 is 13.7. The second-order valence-electron chi connectivity index (χ2n) is 6.60. The molecule has 4 rings (SSSR count). The van der Waals surface area contributed by atoms with E-state index in [2.05, 4.69) is 15.2 Å². The number of halogens is 1. The monoisotopic (exact) mass is 410 g/mol. The van der Waals surface area contributed by atoms with E-state index in [0.29, 0.717) is 31.9 Å². The lowest BCUT2D eigenvalue weighted by Gasteiger charge is -2.35. The predicted molar refractivity (Wildman–Crippen MR) is 111 cm³/mol. The molecule has 1 aliphatic rings. The highest BCUT2D eigenvalue weighted by Gasteiger charge is 2.23. The van der Waals surface area contributed by atoms with Crippen molar-refractivity contribution in [1.82, 2.24) is 9.88 Å². The van der Waals surface area contributed by atoms with Crippen molar-refractivity contribution in [3.63, 3.8) is 0 Å². The fourth-order valence-corrected chi connectivity index (χ4v) is 3.88. The van der Waals surface area contributed by atoms with Gasteiger partial charge in [0.15, 0.2) is 0 Å². The molecule has 0 atom stereocenters. The number of anilines is 2. The number of nitrogens with one attached hydrogen (secondary N) is 1. The molecule has 0 unspecified atom stereocenters. The van der Waals surface area contributed by atoms with Crippen molar-refractivity contribution in [1.29, 1.82) is 0 Å². The van der Waals surface area contributed by atoms with Gasteiger partial charge in [-0.25, -0.2) is 9.37 Å². The molecule has 0 radical (unpaired) electrons. The molecule has 0 saturated carbocycles. The Morgan fingerprint density at radius 1 is 1.00 bits per heavy atom. The van der Waals surface area contributed by atoms with Gasteiger partial charge in [-0.1, -0.05) is 18.2 Å². The summed E-state index contributed by atoms with van der Waals surface area (Å²) in [5.41, 5.74) is 0.483. The van der Waals surface area contributed by atoms with Crippen LogP contribution in [0.3, 0.4) is 0 Å². The van der Waals surface area contributed by atoms with Gasteiger partial charge in [-0.3, -0.25) is 9.59 Å². The molecular weight excluding hydrogens is 391 g/mol. The molecule has 3 heterocycles. The molecule has 1 aliphatic heterocycles. The normalized spacial score (nSPS) is 14.0. The Hall–Kier alpha value is -3.26. The zero-order valence-electron chi connectivity index (χ0n) is 15.5. The van der Waals surface area contributed by atoms with E-state index in [1.807, 2.05) is 28.5 Å². The first-order valence-corrected chi connectivity index (χ1v) is 10.1. The lowest BCUT2D eigenvalue weighted by Crippen LogP contribution is -2.48. The number of benzene rings is 1. The molecular formula is C21H19FN4O2S. The number of amides is 2. The van der Waals surface area contributed by atoms with Gasteiger partial charge in [-0.15, -0.1) is 11.3 Å². The molecule has 0 spiro atoms. The number of carbonyl (C=O) groups is 2. The maximum Gasteiger partial charge on any atom is 0.264 e. The summed E-state index contributed by atoms with van der Waals surface area (Å²) in [6.07, 6.45) is 1.55. The Morgan fingerprint density at radius 2 is 1.79 bits per heavy atom. The van der Waals surface area contributed by atoms with Crippen molar-refractivity contribution >= 4 is 34.7 Å². The van der Waals surface area contributed by atoms with Gasteiger partial charge in [-0.05, 0) is 35.7 Å². The Balaban J connectivity index is 1.35. The van der Waals surface area contributed by atoms with Crippen LogP contribution in [0, 0.1) is 5.82 Å². The number of pyridine rings is 1. The minimum atomic E-state index is -0.565. The zero-order valence-corrected chi connectivity index (χ0v) is 16.4. The highest BCUT2D eigenvalue weighted by Crippen LogP contribution is 2.19. The first-order valence-electron chi connectivity index (χ1n) is 9.21. The van der Waals surface area contributed by atoms with Crippen LogP contribution in [0.25, 0.3) is 0 Å². The van der Waals surface area contributed by atoms with E-state index in [9.17, 15) is 14.0 Å². The van der Waals surface area contributed by atoms with Crippen molar-refractivity contribution < 1.29 is 14.0 Å². The third-order valence-corrected chi connectivity index (χ3v) is 5.60. The largest absolute Gasteiger partial charge is 0.353 e. The zero-order chi connectivity index (χ0) is 20.2. The van der Waals surface area contributed by atoms with E-state index < -0.39 is 11.7 Å². The Kier molecular flexibility index (Phi) is 5.53. The minimum Gasteiger partial charge on any atom is -0.353 e. The molecule has 6 nitrogen and oxygen atoms in total. The van der Waals surface area contributed by atoms with Gasteiger partial charge in [0.2, 0.25) is 0 Å². The van der Waals surface area contributed by atoms with Gasteiger partial charge >= 0.3 is 0 Å². The number of rotatable bonds is 4. The van der Waals surface area contributed by atoms with E-state index in [1.165, 1.54) is 29.5 Å². The van der Waals surface area contributed by atoms with Crippen LogP contribution in [0.4, 0.5) is 15.9 Å². The van der Waals surface area contributed by atoms with Crippen LogP contribution in [-0.2, 0) is 0 Å². The number of nitrogens with zero attached hydrogens (tertiary/aromatic N) is 3. The number of aromatic nitrogens is 1. The first-order chi connectivity index (χ1) is 14.1. The van der Waals surface area contributed by atoms with Crippen molar-refractivity contribution in [2.45, 2.75) is 0 Å². The maximum atomic E-state index is 13.7. The van der Waals surface area contributed by atoms with Gasteiger partial charge in [0.1, 0.15) is 11.6 Å². The third-order valence-electron chi connectivity index (χ3n) is 4.75. The third kappa shape index (κ3) is 4.27. The quantitative estimate of drug-likeness (QED) is 0.715. The standard InChI is InChI=1S/C21H19FN4O2S/c22-17-5-2-1-4-16(17)20(27)24-15-7-8-19(23-14-15)25-9-11-26(12-10-25)21(28)18-6-3-13-29-18/h1-8,13-14H,9-12H2,(H,24,27). The average Bonchev–Trinajstić information content (AvgIpc) is 3.29. The number of carbonyl (C=O) groups excluding carboxylic acids is 2. The van der Waals surface area contributed by atoms with Crippen LogP contribution in [0.1, 0.15) is 20.0 Å². The van der Waals surface area contributed by atoms with Crippen LogP contribution >= 0.6 is 11.3 Å². The molecule has 0 aliphatic carbocycles. The van der Waals surface area contributed by atoms with Gasteiger partial charge in [0.05, 0.1) is 22.3 Å². The lowest BCUT2D eigenvalue weighted by atomic mass is 10.2. The topological polar surface area (TPSA) is 65.5 Å². The van der Waals surface area contributed by atoms with Crippen LogP contribution in [0.2, 0.25) is 0 Å². The average molecular weight is 410 g/mol. The second-order valence-corrected chi connectivity index (χ2v) is 7.54. The van der Waals surface area contributed by atoms with Crippen molar-refractivity contribution in [3.8, 4) is 0 Å². The smallest absolute Gasteiger partial charge is 0.264 e. The van der Waals surface area contributed by atoms with Gasteiger partial charge in [0.25, 0.3) is 11.8 Å². The van der Waals surface area contributed by atoms with E-state index in [0.717, 1.165) is 10.7 Å². The summed E-state index contributed by atoms with van der Waals surface area (Å²) in [6, 6.07) is 13.1. The van der Waals surface area contributed by atoms with E-state index in [1.54, 1.807) is 18.3 Å². The summed E-state index contributed by atoms with van der Waals surface area (Å²) in [5, 5.41) is 4.56. The second kappa shape index (κ2) is 8.40. The Labute approximate surface area is 171 Å². The van der Waals surface area contributed by atoms with Crippen LogP contribution in [0.15, 0.2) is 60.1 Å². The molecule has 1 saturated heterocycles. The molecule has 1 fully saturated rings. The number of piperazine rings is 1. The van der Waals surface area contributed by atoms with Crippen LogP contribution in [-0.4, -0.2) is 47.9 Å². The lowest BCUT2D eigenvalue weighted by molar-refractivity contribution is 0.0751. The van der Waals surface area contributed by atoms with E-state index >= 15 is 0 Å². The predicted octanol–water partition coefficient (Wildman–Crippen LogP) is 3.50. The minimum absolute atomic E-state index is 0.0110. The van der Waals surface area contributed by atoms with Crippen molar-refractivity contribution in [2.75, 3.05) is 36.4 Å². The highest BCUT2D eigenvalue weighted by atomic mass is 32.1. The van der Waals surface area contributed by atoms with E-state index in [4.69, 9.17) is 0 Å². The molecule has 0 bridgehead atoms. The summed E-state index contributed by atoms with van der Waals surface area (Å²) in [6.45, 7) is 2.63. The summed E-state index contributed by atoms with van der Waals surface area (Å²) in [7, 11) is 0. The fraction of sp³-hybridized carbons (Fsp3) is 0.190. The van der Waals surface area contributed by atoms with Gasteiger partial charge in [0, 0.05) is 26.2 Å². The molecule has 29 heavy (non-hydrogen) atoms. The molecule has 1 N–H and O–H groups in total. The molecule has 148 valence electrons. The van der Waals surface area contributed by atoms with Gasteiger partial charge in [-0.2, -0.15) is 0 Å². The van der Waals surface area contributed by atoms with Crippen molar-refractivity contribution in [2.24, 2.45) is 0 Å². The number of thiophene rings is 1. The molecule has 2 amide bonds. The first kappa shape index (κ1) is 19.1. The maximum absolute atomic E-state index is 13.7. The van der Waals surface area contributed by atoms with E-state index in [-0.39, 0.29) is 11.5 Å². The van der Waals surface area contributed by atoms with Crippen LogP contribution < -0.4 is 10.2 Å². The number of hydrogen-bond acceptors (Lipinski definition) is 5. The SMILES string of the molecule is O=C(Nc1ccc(N2CCN(C(=O)c3cccs3)CC2)nc1)c1ccccc1F. The van der Waals surface area contributed by atoms with Gasteiger partial charge < -0.3 is 15.1 Å². The van der Waals surface area contributed by atoms with Crippen LogP contribution in [0.5, 0.6) is 0 Å². The summed E-state index contributed by atoms with van der Waals surface area (Å²) >= 11 is 1.45. The Morgan fingerprint density at radius 3 is 2.45 bits per heavy atom. The molecule has 2 aromatic heterocycles. The Bertz CT molecular complexity index is 1000. The highest BCUT2D eigenvalue weighted by molar-refractivity contribution is 7.12. The molecule has 8 heteroatoms. The fourth-order valence-electron chi connectivity index (χ4n) is 3.19. The number of hydrogen-bond donors (Lipinski definition) is 1.